The third kappa shape index (κ3) is 18.0. The molecule has 0 unspecified atom stereocenters. The van der Waals surface area contributed by atoms with Gasteiger partial charge in [0.1, 0.15) is 6.29 Å². The molecule has 0 N–H and O–H groups in total. The van der Waals surface area contributed by atoms with Crippen molar-refractivity contribution in [3.05, 3.63) is 0 Å². The standard InChI is InChI=1S/C17H34OS/c1-2-3-4-5-6-7-8-9-10-11-12-13-16-19-17-14-15-18/h15H,2-14,16-17H2,1H3. The summed E-state index contributed by atoms with van der Waals surface area (Å²) in [4.78, 5) is 10.1. The predicted octanol–water partition coefficient (Wildman–Crippen LogP) is 6.01. The minimum absolute atomic E-state index is 0.725. The Morgan fingerprint density at radius 1 is 0.684 bits per heavy atom. The van der Waals surface area contributed by atoms with Gasteiger partial charge in [0.05, 0.1) is 0 Å². The summed E-state index contributed by atoms with van der Waals surface area (Å²) < 4.78 is 0. The largest absolute Gasteiger partial charge is 0.303 e. The van der Waals surface area contributed by atoms with Gasteiger partial charge < -0.3 is 4.79 Å². The van der Waals surface area contributed by atoms with E-state index in [9.17, 15) is 4.79 Å². The Bertz CT molecular complexity index is 171. The first-order valence-corrected chi connectivity index (χ1v) is 9.58. The molecule has 114 valence electrons. The number of rotatable bonds is 16. The lowest BCUT2D eigenvalue weighted by molar-refractivity contribution is -0.107. The maximum Gasteiger partial charge on any atom is 0.120 e. The first kappa shape index (κ1) is 19.0. The fourth-order valence-corrected chi connectivity index (χ4v) is 3.15. The monoisotopic (exact) mass is 286 g/mol. The molecule has 0 heterocycles. The Labute approximate surface area is 125 Å². The molecule has 0 bridgehead atoms. The third-order valence-corrected chi connectivity index (χ3v) is 4.62. The number of carbonyl (C=O) groups excluding carboxylic acids is 1. The van der Waals surface area contributed by atoms with Crippen LogP contribution in [-0.4, -0.2) is 17.8 Å². The summed E-state index contributed by atoms with van der Waals surface area (Å²) in [7, 11) is 0. The molecule has 0 aliphatic heterocycles. The van der Waals surface area contributed by atoms with Gasteiger partial charge in [-0.3, -0.25) is 0 Å². The fraction of sp³-hybridized carbons (Fsp3) is 0.941. The Morgan fingerprint density at radius 3 is 1.63 bits per heavy atom. The fourth-order valence-electron chi connectivity index (χ4n) is 2.28. The van der Waals surface area contributed by atoms with Crippen LogP contribution < -0.4 is 0 Å². The van der Waals surface area contributed by atoms with Crippen LogP contribution in [0.1, 0.15) is 90.4 Å². The van der Waals surface area contributed by atoms with Crippen LogP contribution in [0.25, 0.3) is 0 Å². The van der Waals surface area contributed by atoms with Crippen LogP contribution in [0.4, 0.5) is 0 Å². The highest BCUT2D eigenvalue weighted by atomic mass is 32.2. The van der Waals surface area contributed by atoms with E-state index < -0.39 is 0 Å². The number of thioether (sulfide) groups is 1. The number of unbranched alkanes of at least 4 members (excludes halogenated alkanes) is 11. The highest BCUT2D eigenvalue weighted by molar-refractivity contribution is 7.99. The van der Waals surface area contributed by atoms with Crippen molar-refractivity contribution in [2.75, 3.05) is 11.5 Å². The van der Waals surface area contributed by atoms with Crippen molar-refractivity contribution < 1.29 is 4.79 Å². The molecule has 0 fully saturated rings. The second kappa shape index (κ2) is 18.0. The minimum atomic E-state index is 0.725. The quantitative estimate of drug-likeness (QED) is 0.255. The molecule has 0 aromatic rings. The van der Waals surface area contributed by atoms with E-state index in [2.05, 4.69) is 6.92 Å². The average Bonchev–Trinajstić information content (AvgIpc) is 2.43. The van der Waals surface area contributed by atoms with Crippen molar-refractivity contribution in [3.8, 4) is 0 Å². The van der Waals surface area contributed by atoms with E-state index in [0.29, 0.717) is 0 Å². The molecular weight excluding hydrogens is 252 g/mol. The zero-order valence-corrected chi connectivity index (χ0v) is 13.8. The molecule has 1 nitrogen and oxygen atoms in total. The number of hydrogen-bond donors (Lipinski definition) is 0. The number of aldehydes is 1. The van der Waals surface area contributed by atoms with E-state index in [-0.39, 0.29) is 0 Å². The molecule has 0 aromatic heterocycles. The van der Waals surface area contributed by atoms with Gasteiger partial charge in [0.25, 0.3) is 0 Å². The summed E-state index contributed by atoms with van der Waals surface area (Å²) in [5, 5.41) is 0. The molecule has 0 aliphatic rings. The van der Waals surface area contributed by atoms with Gasteiger partial charge in [-0.1, -0.05) is 77.6 Å². The third-order valence-electron chi connectivity index (χ3n) is 3.52. The first-order valence-electron chi connectivity index (χ1n) is 8.43. The summed E-state index contributed by atoms with van der Waals surface area (Å²) in [5.74, 6) is 2.26. The van der Waals surface area contributed by atoms with Crippen molar-refractivity contribution in [2.45, 2.75) is 90.4 Å². The van der Waals surface area contributed by atoms with Crippen LogP contribution in [-0.2, 0) is 4.79 Å². The summed E-state index contributed by atoms with van der Waals surface area (Å²) in [5.41, 5.74) is 0. The average molecular weight is 287 g/mol. The van der Waals surface area contributed by atoms with Crippen molar-refractivity contribution >= 4 is 18.0 Å². The Kier molecular flexibility index (Phi) is 18.0. The molecule has 0 rings (SSSR count). The molecule has 0 aliphatic carbocycles. The summed E-state index contributed by atoms with van der Waals surface area (Å²) >= 11 is 1.93. The Morgan fingerprint density at radius 2 is 1.16 bits per heavy atom. The molecule has 0 atom stereocenters. The topological polar surface area (TPSA) is 17.1 Å². The van der Waals surface area contributed by atoms with Crippen LogP contribution >= 0.6 is 11.8 Å². The first-order chi connectivity index (χ1) is 9.41. The van der Waals surface area contributed by atoms with Gasteiger partial charge in [-0.25, -0.2) is 0 Å². The second-order valence-electron chi connectivity index (χ2n) is 5.46. The number of carbonyl (C=O) groups is 1. The van der Waals surface area contributed by atoms with Gasteiger partial charge in [-0.15, -0.1) is 0 Å². The van der Waals surface area contributed by atoms with E-state index in [0.717, 1.165) is 18.5 Å². The second-order valence-corrected chi connectivity index (χ2v) is 6.68. The molecule has 0 aromatic carbocycles. The van der Waals surface area contributed by atoms with Crippen molar-refractivity contribution in [2.24, 2.45) is 0 Å². The van der Waals surface area contributed by atoms with E-state index in [1.165, 1.54) is 82.8 Å². The molecule has 0 saturated carbocycles. The SMILES string of the molecule is CCCCCCCCCCCCCCSCCC=O. The molecule has 0 saturated heterocycles. The van der Waals surface area contributed by atoms with E-state index in [1.807, 2.05) is 11.8 Å². The smallest absolute Gasteiger partial charge is 0.120 e. The Balaban J connectivity index is 2.89. The molecule has 0 spiro atoms. The van der Waals surface area contributed by atoms with Crippen molar-refractivity contribution in [3.63, 3.8) is 0 Å². The lowest BCUT2D eigenvalue weighted by Gasteiger charge is -2.02. The minimum Gasteiger partial charge on any atom is -0.303 e. The lowest BCUT2D eigenvalue weighted by Crippen LogP contribution is -1.86. The molecule has 19 heavy (non-hydrogen) atoms. The van der Waals surface area contributed by atoms with Crippen LogP contribution in [0, 0.1) is 0 Å². The lowest BCUT2D eigenvalue weighted by atomic mass is 10.1. The number of hydrogen-bond acceptors (Lipinski definition) is 2. The van der Waals surface area contributed by atoms with Gasteiger partial charge in [0.15, 0.2) is 0 Å². The van der Waals surface area contributed by atoms with Gasteiger partial charge in [-0.05, 0) is 17.9 Å². The zero-order valence-electron chi connectivity index (χ0n) is 13.0. The van der Waals surface area contributed by atoms with Crippen LogP contribution in [0.2, 0.25) is 0 Å². The molecular formula is C17H34OS. The van der Waals surface area contributed by atoms with Crippen LogP contribution in [0.5, 0.6) is 0 Å². The highest BCUT2D eigenvalue weighted by Crippen LogP contribution is 2.13. The summed E-state index contributed by atoms with van der Waals surface area (Å²) in [6.45, 7) is 2.28. The van der Waals surface area contributed by atoms with Crippen LogP contribution in [0.15, 0.2) is 0 Å². The van der Waals surface area contributed by atoms with E-state index >= 15 is 0 Å². The van der Waals surface area contributed by atoms with Crippen LogP contribution in [0.3, 0.4) is 0 Å². The zero-order chi connectivity index (χ0) is 14.0. The summed E-state index contributed by atoms with van der Waals surface area (Å²) in [6.07, 6.45) is 18.7. The maximum atomic E-state index is 10.1. The van der Waals surface area contributed by atoms with E-state index in [4.69, 9.17) is 0 Å². The van der Waals surface area contributed by atoms with Crippen molar-refractivity contribution in [1.82, 2.24) is 0 Å². The summed E-state index contributed by atoms with van der Waals surface area (Å²) in [6, 6.07) is 0. The molecule has 2 heteroatoms. The van der Waals surface area contributed by atoms with Gasteiger partial charge in [0, 0.05) is 6.42 Å². The highest BCUT2D eigenvalue weighted by Gasteiger charge is 1.94. The van der Waals surface area contributed by atoms with Gasteiger partial charge >= 0.3 is 0 Å². The molecule has 0 radical (unpaired) electrons. The van der Waals surface area contributed by atoms with Gasteiger partial charge in [-0.2, -0.15) is 11.8 Å². The normalized spacial score (nSPS) is 10.8. The van der Waals surface area contributed by atoms with E-state index in [1.54, 1.807) is 0 Å². The maximum absolute atomic E-state index is 10.1. The van der Waals surface area contributed by atoms with Crippen molar-refractivity contribution in [1.29, 1.82) is 0 Å². The predicted molar refractivity (Wildman–Crippen MR) is 89.1 cm³/mol. The molecule has 0 amide bonds. The van der Waals surface area contributed by atoms with Gasteiger partial charge in [0.2, 0.25) is 0 Å². The Hall–Kier alpha value is 0.0200.